The van der Waals surface area contributed by atoms with Crippen LogP contribution in [0.2, 0.25) is 0 Å². The summed E-state index contributed by atoms with van der Waals surface area (Å²) in [6.45, 7) is 4.57. The number of ether oxygens (including phenoxy) is 2. The van der Waals surface area contributed by atoms with Crippen molar-refractivity contribution in [3.63, 3.8) is 0 Å². The number of furan rings is 1. The molecule has 8 nitrogen and oxygen atoms in total. The summed E-state index contributed by atoms with van der Waals surface area (Å²) in [4.78, 5) is 17.1. The van der Waals surface area contributed by atoms with Gasteiger partial charge >= 0.3 is 0 Å². The van der Waals surface area contributed by atoms with Crippen molar-refractivity contribution >= 4 is 5.91 Å². The first-order valence-corrected chi connectivity index (χ1v) is 10.3. The fourth-order valence-corrected chi connectivity index (χ4v) is 4.06. The molecule has 4 heterocycles. The molecule has 1 fully saturated rings. The van der Waals surface area contributed by atoms with E-state index < -0.39 is 0 Å². The molecule has 0 spiro atoms. The Morgan fingerprint density at radius 2 is 2.23 bits per heavy atom. The van der Waals surface area contributed by atoms with Gasteiger partial charge in [-0.1, -0.05) is 6.07 Å². The number of fused-ring (bicyclic) bond motifs is 3. The van der Waals surface area contributed by atoms with Crippen LogP contribution in [0, 0.1) is 6.92 Å². The molecule has 0 saturated carbocycles. The maximum absolute atomic E-state index is 12.7. The zero-order valence-corrected chi connectivity index (χ0v) is 16.9. The monoisotopic (exact) mass is 408 g/mol. The molecule has 0 aromatic carbocycles. The van der Waals surface area contributed by atoms with Gasteiger partial charge in [0.05, 0.1) is 43.9 Å². The van der Waals surface area contributed by atoms with Crippen LogP contribution in [0.15, 0.2) is 35.0 Å². The summed E-state index contributed by atoms with van der Waals surface area (Å²) in [7, 11) is 0. The molecule has 1 amide bonds. The number of carbonyl (C=O) groups is 1. The molecule has 3 aromatic heterocycles. The van der Waals surface area contributed by atoms with Gasteiger partial charge in [0, 0.05) is 36.5 Å². The third-order valence-electron chi connectivity index (χ3n) is 5.55. The van der Waals surface area contributed by atoms with Gasteiger partial charge in [0.25, 0.3) is 5.91 Å². The van der Waals surface area contributed by atoms with E-state index >= 15 is 0 Å². The third-order valence-corrected chi connectivity index (χ3v) is 5.55. The first-order valence-electron chi connectivity index (χ1n) is 10.3. The number of carbonyl (C=O) groups excluding carboxylic acids is 1. The molecule has 1 atom stereocenters. The van der Waals surface area contributed by atoms with Crippen LogP contribution in [0.25, 0.3) is 11.3 Å². The summed E-state index contributed by atoms with van der Waals surface area (Å²) in [6, 6.07) is 5.86. The molecule has 30 heavy (non-hydrogen) atoms. The lowest BCUT2D eigenvalue weighted by atomic mass is 9.93. The first kappa shape index (κ1) is 19.0. The molecule has 0 unspecified atom stereocenters. The van der Waals surface area contributed by atoms with E-state index in [0.29, 0.717) is 38.7 Å². The average molecular weight is 408 g/mol. The number of nitrogens with zero attached hydrogens (tertiary/aromatic N) is 3. The Hall–Kier alpha value is -2.97. The van der Waals surface area contributed by atoms with E-state index in [9.17, 15) is 4.79 Å². The Balaban J connectivity index is 1.36. The molecule has 8 heteroatoms. The van der Waals surface area contributed by atoms with Gasteiger partial charge in [-0.15, -0.1) is 0 Å². The van der Waals surface area contributed by atoms with Crippen LogP contribution in [0.3, 0.4) is 0 Å². The summed E-state index contributed by atoms with van der Waals surface area (Å²) in [5, 5.41) is 7.70. The number of amides is 1. The van der Waals surface area contributed by atoms with Crippen molar-refractivity contribution in [3.8, 4) is 11.3 Å². The van der Waals surface area contributed by atoms with Crippen molar-refractivity contribution in [2.45, 2.75) is 32.4 Å². The quantitative estimate of drug-likeness (QED) is 0.696. The Labute approximate surface area is 174 Å². The van der Waals surface area contributed by atoms with E-state index in [-0.39, 0.29) is 12.0 Å². The number of rotatable bonds is 5. The molecular weight excluding hydrogens is 384 g/mol. The number of hydrogen-bond acceptors (Lipinski definition) is 6. The topological polar surface area (TPSA) is 91.4 Å². The van der Waals surface area contributed by atoms with Crippen LogP contribution in [-0.2, 0) is 28.9 Å². The minimum absolute atomic E-state index is 0.124. The maximum atomic E-state index is 12.7. The minimum Gasteiger partial charge on any atom is -0.455 e. The molecular formula is C22H24N4O4. The molecule has 2 aliphatic rings. The van der Waals surface area contributed by atoms with Crippen LogP contribution in [0.1, 0.15) is 33.1 Å². The van der Waals surface area contributed by atoms with Crippen LogP contribution < -0.4 is 5.32 Å². The highest BCUT2D eigenvalue weighted by molar-refractivity contribution is 5.95. The summed E-state index contributed by atoms with van der Waals surface area (Å²) in [5.74, 6) is 0.944. The van der Waals surface area contributed by atoms with Crippen LogP contribution in [0.4, 0.5) is 0 Å². The highest BCUT2D eigenvalue weighted by Gasteiger charge is 2.30. The number of pyridine rings is 1. The van der Waals surface area contributed by atoms with Crippen molar-refractivity contribution in [2.24, 2.45) is 0 Å². The fraction of sp³-hybridized carbons (Fsp3) is 0.409. The molecule has 0 radical (unpaired) electrons. The normalized spacial score (nSPS) is 18.0. The van der Waals surface area contributed by atoms with Crippen molar-refractivity contribution in [1.82, 2.24) is 20.1 Å². The van der Waals surface area contributed by atoms with Crippen molar-refractivity contribution in [3.05, 3.63) is 58.9 Å². The lowest BCUT2D eigenvalue weighted by Crippen LogP contribution is -2.39. The Morgan fingerprint density at radius 1 is 1.30 bits per heavy atom. The smallest absolute Gasteiger partial charge is 0.287 e. The van der Waals surface area contributed by atoms with Gasteiger partial charge < -0.3 is 19.2 Å². The van der Waals surface area contributed by atoms with E-state index in [1.54, 1.807) is 6.20 Å². The Morgan fingerprint density at radius 3 is 3.03 bits per heavy atom. The average Bonchev–Trinajstić information content (AvgIpc) is 3.33. The van der Waals surface area contributed by atoms with Crippen LogP contribution >= 0.6 is 0 Å². The van der Waals surface area contributed by atoms with Gasteiger partial charge in [0.1, 0.15) is 5.76 Å². The Bertz CT molecular complexity index is 1050. The largest absolute Gasteiger partial charge is 0.455 e. The molecule has 1 aliphatic carbocycles. The summed E-state index contributed by atoms with van der Waals surface area (Å²) >= 11 is 0. The SMILES string of the molecule is Cc1c(C(=O)NC[C@@H]2COCCO2)oc2c1-c1nn(Cc3ccccn3)cc1CC2. The summed E-state index contributed by atoms with van der Waals surface area (Å²) < 4.78 is 18.9. The van der Waals surface area contributed by atoms with E-state index in [0.717, 1.165) is 41.1 Å². The lowest BCUT2D eigenvalue weighted by molar-refractivity contribution is -0.0856. The lowest BCUT2D eigenvalue weighted by Gasteiger charge is -2.22. The highest BCUT2D eigenvalue weighted by Crippen LogP contribution is 2.38. The van der Waals surface area contributed by atoms with Crippen molar-refractivity contribution in [2.75, 3.05) is 26.4 Å². The third kappa shape index (κ3) is 3.64. The van der Waals surface area contributed by atoms with Crippen LogP contribution in [0.5, 0.6) is 0 Å². The molecule has 156 valence electrons. The standard InChI is InChI=1S/C22H24N4O4/c1-14-19-18(30-21(14)22(27)24-10-17-13-28-8-9-29-17)6-5-15-11-26(25-20(15)19)12-16-4-2-3-7-23-16/h2-4,7,11,17H,5-6,8-10,12-13H2,1H3,(H,24,27)/t17-/m1/s1. The van der Waals surface area contributed by atoms with Gasteiger partial charge in [0.2, 0.25) is 0 Å². The highest BCUT2D eigenvalue weighted by atomic mass is 16.6. The van der Waals surface area contributed by atoms with Crippen molar-refractivity contribution in [1.29, 1.82) is 0 Å². The Kier molecular flexibility index (Phi) is 5.10. The predicted molar refractivity (Wildman–Crippen MR) is 108 cm³/mol. The molecule has 1 saturated heterocycles. The molecule has 5 rings (SSSR count). The van der Waals surface area contributed by atoms with Gasteiger partial charge in [0.15, 0.2) is 5.76 Å². The number of aromatic nitrogens is 3. The predicted octanol–water partition coefficient (Wildman–Crippen LogP) is 2.14. The van der Waals surface area contributed by atoms with E-state index in [1.807, 2.05) is 29.8 Å². The van der Waals surface area contributed by atoms with E-state index in [4.69, 9.17) is 19.0 Å². The number of hydrogen-bond donors (Lipinski definition) is 1. The van der Waals surface area contributed by atoms with E-state index in [1.165, 1.54) is 5.56 Å². The minimum atomic E-state index is -0.231. The second kappa shape index (κ2) is 8.04. The zero-order chi connectivity index (χ0) is 20.5. The molecule has 0 bridgehead atoms. The molecule has 1 N–H and O–H groups in total. The van der Waals surface area contributed by atoms with Gasteiger partial charge in [-0.3, -0.25) is 14.5 Å². The second-order valence-corrected chi connectivity index (χ2v) is 7.65. The molecule has 3 aromatic rings. The van der Waals surface area contributed by atoms with E-state index in [2.05, 4.69) is 16.5 Å². The fourth-order valence-electron chi connectivity index (χ4n) is 4.06. The van der Waals surface area contributed by atoms with Gasteiger partial charge in [-0.25, -0.2) is 0 Å². The van der Waals surface area contributed by atoms with Gasteiger partial charge in [-0.05, 0) is 31.0 Å². The van der Waals surface area contributed by atoms with Crippen LogP contribution in [-0.4, -0.2) is 53.1 Å². The molecule has 1 aliphatic heterocycles. The second-order valence-electron chi connectivity index (χ2n) is 7.65. The summed E-state index contributed by atoms with van der Waals surface area (Å²) in [5.41, 5.74) is 4.79. The first-order chi connectivity index (χ1) is 14.7. The maximum Gasteiger partial charge on any atom is 0.287 e. The number of nitrogens with one attached hydrogen (secondary N) is 1. The number of aryl methyl sites for hydroxylation is 2. The van der Waals surface area contributed by atoms with Crippen molar-refractivity contribution < 1.29 is 18.7 Å². The van der Waals surface area contributed by atoms with Gasteiger partial charge in [-0.2, -0.15) is 5.10 Å². The zero-order valence-electron chi connectivity index (χ0n) is 16.9. The summed E-state index contributed by atoms with van der Waals surface area (Å²) in [6.07, 6.45) is 5.32.